The van der Waals surface area contributed by atoms with Gasteiger partial charge in [0.05, 0.1) is 5.54 Å². The predicted octanol–water partition coefficient (Wildman–Crippen LogP) is 2.22. The van der Waals surface area contributed by atoms with Crippen molar-refractivity contribution in [3.05, 3.63) is 35.6 Å². The summed E-state index contributed by atoms with van der Waals surface area (Å²) in [5.74, 6) is -0.500. The Bertz CT molecular complexity index is 410. The van der Waals surface area contributed by atoms with Gasteiger partial charge in [0.1, 0.15) is 5.82 Å². The first-order valence-electron chi connectivity index (χ1n) is 6.43. The summed E-state index contributed by atoms with van der Waals surface area (Å²) in [5, 5.41) is 3.03. The third-order valence-electron chi connectivity index (χ3n) is 3.69. The van der Waals surface area contributed by atoms with E-state index >= 15 is 0 Å². The number of rotatable bonds is 3. The molecule has 1 aliphatic carbocycles. The smallest absolute Gasteiger partial charge is 0.251 e. The predicted molar refractivity (Wildman–Crippen MR) is 68.7 cm³/mol. The number of carbonyl (C=O) groups excluding carboxylic acids is 1. The molecule has 1 aliphatic rings. The number of nitrogens with one attached hydrogen (secondary N) is 1. The van der Waals surface area contributed by atoms with Gasteiger partial charge in [-0.15, -0.1) is 0 Å². The summed E-state index contributed by atoms with van der Waals surface area (Å²) < 4.78 is 12.8. The van der Waals surface area contributed by atoms with Crippen molar-refractivity contribution >= 4 is 5.91 Å². The zero-order valence-electron chi connectivity index (χ0n) is 10.4. The molecule has 0 heterocycles. The van der Waals surface area contributed by atoms with E-state index in [0.29, 0.717) is 12.1 Å². The summed E-state index contributed by atoms with van der Waals surface area (Å²) in [6.45, 7) is 0.458. The van der Waals surface area contributed by atoms with E-state index in [4.69, 9.17) is 5.73 Å². The zero-order valence-corrected chi connectivity index (χ0v) is 10.4. The third kappa shape index (κ3) is 2.88. The van der Waals surface area contributed by atoms with Crippen molar-refractivity contribution in [3.8, 4) is 0 Å². The number of benzene rings is 1. The first kappa shape index (κ1) is 13.0. The molecular formula is C14H19FN2O. The molecule has 0 unspecified atom stereocenters. The number of hydrogen-bond donors (Lipinski definition) is 2. The van der Waals surface area contributed by atoms with Gasteiger partial charge in [0.2, 0.25) is 0 Å². The van der Waals surface area contributed by atoms with E-state index in [1.165, 1.54) is 30.7 Å². The van der Waals surface area contributed by atoms with Crippen LogP contribution in [0.5, 0.6) is 0 Å². The average Bonchev–Trinajstić information content (AvgIpc) is 2.40. The first-order valence-corrected chi connectivity index (χ1v) is 6.43. The zero-order chi connectivity index (χ0) is 13.0. The summed E-state index contributed by atoms with van der Waals surface area (Å²) in [6, 6.07) is 5.59. The van der Waals surface area contributed by atoms with Gasteiger partial charge in [-0.3, -0.25) is 4.79 Å². The maximum Gasteiger partial charge on any atom is 0.251 e. The van der Waals surface area contributed by atoms with Crippen LogP contribution in [0.3, 0.4) is 0 Å². The minimum Gasteiger partial charge on any atom is -0.345 e. The van der Waals surface area contributed by atoms with Crippen LogP contribution in [0.4, 0.5) is 4.39 Å². The molecule has 2 rings (SSSR count). The van der Waals surface area contributed by atoms with Gasteiger partial charge in [-0.2, -0.15) is 0 Å². The maximum absolute atomic E-state index is 12.8. The van der Waals surface area contributed by atoms with Gasteiger partial charge in [-0.1, -0.05) is 19.3 Å². The molecule has 18 heavy (non-hydrogen) atoms. The molecule has 0 bridgehead atoms. The Balaban J connectivity index is 2.07. The molecule has 0 radical (unpaired) electrons. The maximum atomic E-state index is 12.8. The molecule has 1 fully saturated rings. The molecule has 0 aliphatic heterocycles. The van der Waals surface area contributed by atoms with Gasteiger partial charge in [0, 0.05) is 12.1 Å². The van der Waals surface area contributed by atoms with Crippen molar-refractivity contribution in [1.82, 2.24) is 5.32 Å². The average molecular weight is 250 g/mol. The number of halogens is 1. The Morgan fingerprint density at radius 2 is 1.83 bits per heavy atom. The van der Waals surface area contributed by atoms with Crippen molar-refractivity contribution in [3.63, 3.8) is 0 Å². The standard InChI is InChI=1S/C14H19FN2O/c15-12-6-4-11(5-7-12)13(18)17-14(10-16)8-2-1-3-9-14/h4-7H,1-3,8-10,16H2,(H,17,18). The highest BCUT2D eigenvalue weighted by Crippen LogP contribution is 2.27. The van der Waals surface area contributed by atoms with Crippen LogP contribution >= 0.6 is 0 Å². The molecule has 1 aromatic carbocycles. The number of hydrogen-bond acceptors (Lipinski definition) is 2. The van der Waals surface area contributed by atoms with Crippen LogP contribution in [0.25, 0.3) is 0 Å². The summed E-state index contributed by atoms with van der Waals surface area (Å²) >= 11 is 0. The van der Waals surface area contributed by atoms with Crippen molar-refractivity contribution in [2.45, 2.75) is 37.6 Å². The van der Waals surface area contributed by atoms with Crippen molar-refractivity contribution < 1.29 is 9.18 Å². The fraction of sp³-hybridized carbons (Fsp3) is 0.500. The molecule has 0 saturated heterocycles. The van der Waals surface area contributed by atoms with Crippen LogP contribution in [0.15, 0.2) is 24.3 Å². The fourth-order valence-corrected chi connectivity index (χ4v) is 2.52. The Morgan fingerprint density at radius 1 is 1.22 bits per heavy atom. The summed E-state index contributed by atoms with van der Waals surface area (Å²) in [7, 11) is 0. The second-order valence-electron chi connectivity index (χ2n) is 5.01. The molecule has 0 spiro atoms. The quantitative estimate of drug-likeness (QED) is 0.864. The summed E-state index contributed by atoms with van der Waals surface area (Å²) in [4.78, 5) is 12.1. The van der Waals surface area contributed by atoms with Crippen molar-refractivity contribution in [1.29, 1.82) is 0 Å². The van der Waals surface area contributed by atoms with Crippen LogP contribution in [-0.2, 0) is 0 Å². The monoisotopic (exact) mass is 250 g/mol. The minimum atomic E-state index is -0.335. The number of amides is 1. The van der Waals surface area contributed by atoms with Crippen LogP contribution in [0.1, 0.15) is 42.5 Å². The highest BCUT2D eigenvalue weighted by atomic mass is 19.1. The number of nitrogens with two attached hydrogens (primary N) is 1. The summed E-state index contributed by atoms with van der Waals surface area (Å²) in [5.41, 5.74) is 6.02. The highest BCUT2D eigenvalue weighted by Gasteiger charge is 2.32. The van der Waals surface area contributed by atoms with Gasteiger partial charge in [-0.25, -0.2) is 4.39 Å². The first-order chi connectivity index (χ1) is 8.65. The van der Waals surface area contributed by atoms with E-state index in [-0.39, 0.29) is 17.3 Å². The van der Waals surface area contributed by atoms with Gasteiger partial charge >= 0.3 is 0 Å². The molecule has 0 aromatic heterocycles. The normalized spacial score (nSPS) is 18.3. The summed E-state index contributed by atoms with van der Waals surface area (Å²) in [6.07, 6.45) is 5.25. The topological polar surface area (TPSA) is 55.1 Å². The van der Waals surface area contributed by atoms with E-state index in [9.17, 15) is 9.18 Å². The van der Waals surface area contributed by atoms with Crippen LogP contribution in [-0.4, -0.2) is 18.0 Å². The molecule has 1 aromatic rings. The van der Waals surface area contributed by atoms with Crippen LogP contribution in [0.2, 0.25) is 0 Å². The molecular weight excluding hydrogens is 231 g/mol. The second kappa shape index (κ2) is 5.48. The SMILES string of the molecule is NCC1(NC(=O)c2ccc(F)cc2)CCCCC1. The highest BCUT2D eigenvalue weighted by molar-refractivity contribution is 5.94. The van der Waals surface area contributed by atoms with Gasteiger partial charge in [-0.05, 0) is 37.1 Å². The molecule has 98 valence electrons. The van der Waals surface area contributed by atoms with Gasteiger partial charge in [0.15, 0.2) is 0 Å². The van der Waals surface area contributed by atoms with Crippen LogP contribution in [0, 0.1) is 5.82 Å². The van der Waals surface area contributed by atoms with Crippen molar-refractivity contribution in [2.24, 2.45) is 5.73 Å². The fourth-order valence-electron chi connectivity index (χ4n) is 2.52. The Morgan fingerprint density at radius 3 is 2.39 bits per heavy atom. The van der Waals surface area contributed by atoms with Gasteiger partial charge < -0.3 is 11.1 Å². The Kier molecular flexibility index (Phi) is 3.97. The van der Waals surface area contributed by atoms with E-state index in [2.05, 4.69) is 5.32 Å². The van der Waals surface area contributed by atoms with Gasteiger partial charge in [0.25, 0.3) is 5.91 Å². The van der Waals surface area contributed by atoms with Crippen molar-refractivity contribution in [2.75, 3.05) is 6.54 Å². The third-order valence-corrected chi connectivity index (χ3v) is 3.69. The molecule has 3 nitrogen and oxygen atoms in total. The lowest BCUT2D eigenvalue weighted by molar-refractivity contribution is 0.0874. The van der Waals surface area contributed by atoms with E-state index in [1.54, 1.807) is 0 Å². The lowest BCUT2D eigenvalue weighted by Gasteiger charge is -2.37. The largest absolute Gasteiger partial charge is 0.345 e. The second-order valence-corrected chi connectivity index (χ2v) is 5.01. The molecule has 0 atom stereocenters. The molecule has 4 heteroatoms. The van der Waals surface area contributed by atoms with E-state index in [0.717, 1.165) is 25.7 Å². The Labute approximate surface area is 107 Å². The Hall–Kier alpha value is -1.42. The molecule has 3 N–H and O–H groups in total. The minimum absolute atomic E-state index is 0.164. The number of carbonyl (C=O) groups is 1. The molecule has 1 saturated carbocycles. The lowest BCUT2D eigenvalue weighted by Crippen LogP contribution is -2.54. The lowest BCUT2D eigenvalue weighted by atomic mass is 9.81. The van der Waals surface area contributed by atoms with E-state index < -0.39 is 0 Å². The van der Waals surface area contributed by atoms with Crippen LogP contribution < -0.4 is 11.1 Å². The molecule has 1 amide bonds. The van der Waals surface area contributed by atoms with E-state index in [1.807, 2.05) is 0 Å².